The summed E-state index contributed by atoms with van der Waals surface area (Å²) in [7, 11) is 0. The Kier molecular flexibility index (Phi) is 8.34. The zero-order valence-corrected chi connectivity index (χ0v) is 20.7. The van der Waals surface area contributed by atoms with Gasteiger partial charge in [-0.2, -0.15) is 18.2 Å². The number of carbonyl (C=O) groups is 1. The van der Waals surface area contributed by atoms with Gasteiger partial charge in [0.1, 0.15) is 11.9 Å². The lowest BCUT2D eigenvalue weighted by molar-refractivity contribution is -0.213. The van der Waals surface area contributed by atoms with E-state index in [1.165, 1.54) is 24.8 Å². The van der Waals surface area contributed by atoms with Gasteiger partial charge in [0.05, 0.1) is 15.7 Å². The van der Waals surface area contributed by atoms with Gasteiger partial charge in [-0.3, -0.25) is 4.90 Å². The number of hydrogen-bond acceptors (Lipinski definition) is 6. The quantitative estimate of drug-likeness (QED) is 0.196. The van der Waals surface area contributed by atoms with Gasteiger partial charge < -0.3 is 9.26 Å². The van der Waals surface area contributed by atoms with Crippen molar-refractivity contribution < 1.29 is 36.0 Å². The highest BCUT2D eigenvalue weighted by Crippen LogP contribution is 2.42. The Bertz CT molecular complexity index is 990. The molecule has 0 atom stereocenters. The number of alkyl halides is 4. The van der Waals surface area contributed by atoms with Gasteiger partial charge in [0, 0.05) is 13.0 Å². The van der Waals surface area contributed by atoms with Gasteiger partial charge in [-0.25, -0.2) is 18.6 Å². The van der Waals surface area contributed by atoms with E-state index in [0.29, 0.717) is 31.5 Å². The molecule has 1 amide bonds. The van der Waals surface area contributed by atoms with Crippen molar-refractivity contribution in [2.45, 2.75) is 70.3 Å². The van der Waals surface area contributed by atoms with Gasteiger partial charge >= 0.3 is 12.3 Å². The molecule has 0 N–H and O–H groups in total. The van der Waals surface area contributed by atoms with Gasteiger partial charge in [0.2, 0.25) is 0 Å². The molecule has 2 heterocycles. The van der Waals surface area contributed by atoms with Gasteiger partial charge in [-0.05, 0) is 68.2 Å². The van der Waals surface area contributed by atoms with E-state index >= 15 is 0 Å². The van der Waals surface area contributed by atoms with Crippen LogP contribution in [-0.2, 0) is 16.8 Å². The van der Waals surface area contributed by atoms with Crippen LogP contribution in [-0.4, -0.2) is 40.0 Å². The lowest BCUT2D eigenvalue weighted by Gasteiger charge is -2.36. The standard InChI is InChI=1S/C21H24F5IN4O3/c1-20(2,23)18-29-16(30-34-18)6-4-3-5-7-31(17-10-15(27)14(22)11-28-17)19(32)33-13-8-12(9-13)21(24,25)26/h10-13H,3-9H2,1-2H3/t12-,13-. The molecule has 3 rings (SSSR count). The highest BCUT2D eigenvalue weighted by Gasteiger charge is 2.49. The van der Waals surface area contributed by atoms with Crippen molar-refractivity contribution >= 4 is 34.5 Å². The third-order valence-electron chi connectivity index (χ3n) is 5.38. The van der Waals surface area contributed by atoms with Gasteiger partial charge in [-0.15, -0.1) is 0 Å². The normalized spacial score (nSPS) is 18.5. The molecule has 1 aliphatic carbocycles. The Morgan fingerprint density at radius 1 is 1.24 bits per heavy atom. The van der Waals surface area contributed by atoms with E-state index in [1.54, 1.807) is 22.6 Å². The first kappa shape index (κ1) is 26.5. The fourth-order valence-corrected chi connectivity index (χ4v) is 3.73. The number of amides is 1. The molecule has 0 unspecified atom stereocenters. The molecular weight excluding hydrogens is 578 g/mol. The summed E-state index contributed by atoms with van der Waals surface area (Å²) in [6.45, 7) is 2.79. The van der Waals surface area contributed by atoms with Crippen molar-refractivity contribution in [3.8, 4) is 0 Å². The number of unbranched alkanes of at least 4 members (excludes halogenated alkanes) is 2. The van der Waals surface area contributed by atoms with Gasteiger partial charge in [0.25, 0.3) is 5.89 Å². The number of hydrogen-bond donors (Lipinski definition) is 0. The maximum Gasteiger partial charge on any atom is 0.415 e. The first-order valence-electron chi connectivity index (χ1n) is 10.7. The maximum atomic E-state index is 13.8. The van der Waals surface area contributed by atoms with Crippen LogP contribution in [0, 0.1) is 15.3 Å². The largest absolute Gasteiger partial charge is 0.446 e. The number of carbonyl (C=O) groups excluding carboxylic acids is 1. The molecule has 0 saturated heterocycles. The average Bonchev–Trinajstić information content (AvgIpc) is 3.18. The summed E-state index contributed by atoms with van der Waals surface area (Å²) in [5, 5.41) is 3.74. The number of aryl methyl sites for hydroxylation is 1. The predicted octanol–water partition coefficient (Wildman–Crippen LogP) is 6.11. The Hall–Kier alpha value is -2.06. The fraction of sp³-hybridized carbons (Fsp3) is 0.619. The fourth-order valence-electron chi connectivity index (χ4n) is 3.31. The predicted molar refractivity (Wildman–Crippen MR) is 119 cm³/mol. The van der Waals surface area contributed by atoms with Crippen LogP contribution >= 0.6 is 22.6 Å². The first-order valence-corrected chi connectivity index (χ1v) is 11.8. The molecule has 0 radical (unpaired) electrons. The van der Waals surface area contributed by atoms with Crippen molar-refractivity contribution in [2.24, 2.45) is 5.92 Å². The van der Waals surface area contributed by atoms with Crippen LogP contribution in [0.5, 0.6) is 0 Å². The number of pyridine rings is 1. The van der Waals surface area contributed by atoms with Crippen molar-refractivity contribution in [2.75, 3.05) is 11.4 Å². The molecule has 2 aromatic heterocycles. The molecule has 0 spiro atoms. The van der Waals surface area contributed by atoms with Crippen LogP contribution in [0.15, 0.2) is 16.8 Å². The number of rotatable bonds is 9. The van der Waals surface area contributed by atoms with Crippen molar-refractivity contribution in [1.29, 1.82) is 0 Å². The van der Waals surface area contributed by atoms with Crippen molar-refractivity contribution in [3.63, 3.8) is 0 Å². The van der Waals surface area contributed by atoms with Crippen LogP contribution in [0.4, 0.5) is 32.6 Å². The van der Waals surface area contributed by atoms with E-state index in [9.17, 15) is 26.7 Å². The maximum absolute atomic E-state index is 13.8. The zero-order valence-electron chi connectivity index (χ0n) is 18.5. The molecule has 7 nitrogen and oxygen atoms in total. The topological polar surface area (TPSA) is 81.4 Å². The number of nitrogens with zero attached hydrogens (tertiary/aromatic N) is 4. The second-order valence-corrected chi connectivity index (χ2v) is 9.79. The van der Waals surface area contributed by atoms with E-state index in [-0.39, 0.29) is 34.7 Å². The van der Waals surface area contributed by atoms with E-state index in [2.05, 4.69) is 15.1 Å². The lowest BCUT2D eigenvalue weighted by Crippen LogP contribution is -2.44. The van der Waals surface area contributed by atoms with E-state index < -0.39 is 35.8 Å². The third-order valence-corrected chi connectivity index (χ3v) is 6.20. The monoisotopic (exact) mass is 602 g/mol. The van der Waals surface area contributed by atoms with Crippen LogP contribution in [0.25, 0.3) is 0 Å². The Morgan fingerprint density at radius 2 is 1.94 bits per heavy atom. The van der Waals surface area contributed by atoms with Crippen LogP contribution in [0.1, 0.15) is 57.7 Å². The van der Waals surface area contributed by atoms with Gasteiger partial charge in [-0.1, -0.05) is 11.6 Å². The molecule has 34 heavy (non-hydrogen) atoms. The second kappa shape index (κ2) is 10.7. The minimum absolute atomic E-state index is 0.0998. The number of anilines is 1. The minimum atomic E-state index is -4.31. The molecule has 0 aliphatic heterocycles. The third kappa shape index (κ3) is 6.98. The summed E-state index contributed by atoms with van der Waals surface area (Å²) in [6.07, 6.45) is -3.35. The summed E-state index contributed by atoms with van der Waals surface area (Å²) < 4.78 is 76.0. The minimum Gasteiger partial charge on any atom is -0.446 e. The summed E-state index contributed by atoms with van der Waals surface area (Å²) in [5.41, 5.74) is -1.73. The van der Waals surface area contributed by atoms with E-state index in [4.69, 9.17) is 9.26 Å². The molecule has 2 aromatic rings. The van der Waals surface area contributed by atoms with E-state index in [1.807, 2.05) is 0 Å². The Balaban J connectivity index is 1.54. The van der Waals surface area contributed by atoms with Crippen molar-refractivity contribution in [1.82, 2.24) is 15.1 Å². The zero-order chi connectivity index (χ0) is 25.1. The first-order chi connectivity index (χ1) is 15.8. The highest BCUT2D eigenvalue weighted by atomic mass is 127. The number of aromatic nitrogens is 3. The Morgan fingerprint density at radius 3 is 2.53 bits per heavy atom. The molecule has 13 heteroatoms. The molecule has 1 fully saturated rings. The molecule has 1 saturated carbocycles. The van der Waals surface area contributed by atoms with Crippen LogP contribution < -0.4 is 4.90 Å². The van der Waals surface area contributed by atoms with E-state index in [0.717, 1.165) is 6.20 Å². The SMILES string of the molecule is CC(C)(F)c1nc(CCCCCN(C(=O)O[C@H]2C[C@H](C(F)(F)F)C2)c2cc(I)c(F)cn2)no1. The molecular formula is C21H24F5IN4O3. The number of ether oxygens (including phenoxy) is 1. The lowest BCUT2D eigenvalue weighted by atomic mass is 9.82. The summed E-state index contributed by atoms with van der Waals surface area (Å²) >= 11 is 1.76. The molecule has 0 bridgehead atoms. The van der Waals surface area contributed by atoms with Gasteiger partial charge in [0.15, 0.2) is 17.3 Å². The highest BCUT2D eigenvalue weighted by molar-refractivity contribution is 14.1. The summed E-state index contributed by atoms with van der Waals surface area (Å²) in [6, 6.07) is 1.37. The van der Waals surface area contributed by atoms with Crippen molar-refractivity contribution in [3.05, 3.63) is 33.4 Å². The summed E-state index contributed by atoms with van der Waals surface area (Å²) in [4.78, 5) is 21.8. The molecule has 0 aromatic carbocycles. The van der Waals surface area contributed by atoms with Crippen LogP contribution in [0.3, 0.4) is 0 Å². The average molecular weight is 602 g/mol. The van der Waals surface area contributed by atoms with Crippen LogP contribution in [0.2, 0.25) is 0 Å². The number of halogens is 6. The smallest absolute Gasteiger partial charge is 0.415 e. The molecule has 188 valence electrons. The Labute approximate surface area is 206 Å². The molecule has 1 aliphatic rings. The second-order valence-electron chi connectivity index (χ2n) is 8.62. The summed E-state index contributed by atoms with van der Waals surface area (Å²) in [5.74, 6) is -1.61.